The summed E-state index contributed by atoms with van der Waals surface area (Å²) in [7, 11) is 1.77. The Labute approximate surface area is 173 Å². The average molecular weight is 402 g/mol. The second-order valence-electron chi connectivity index (χ2n) is 7.23. The van der Waals surface area contributed by atoms with E-state index in [1.807, 2.05) is 36.4 Å². The molecule has 1 saturated heterocycles. The Hall–Kier alpha value is -3.65. The van der Waals surface area contributed by atoms with Gasteiger partial charge in [-0.05, 0) is 24.3 Å². The minimum Gasteiger partial charge on any atom is -0.378 e. The van der Waals surface area contributed by atoms with Crippen LogP contribution in [0.25, 0.3) is 22.3 Å². The second kappa shape index (κ2) is 7.64. The fourth-order valence-electron chi connectivity index (χ4n) is 3.77. The van der Waals surface area contributed by atoms with Crippen molar-refractivity contribution in [3.05, 3.63) is 65.3 Å². The zero-order valence-electron chi connectivity index (χ0n) is 16.6. The van der Waals surface area contributed by atoms with Crippen molar-refractivity contribution in [1.82, 2.24) is 19.5 Å². The summed E-state index contributed by atoms with van der Waals surface area (Å²) in [6.45, 7) is 3.03. The molecule has 0 aliphatic carbocycles. The van der Waals surface area contributed by atoms with Crippen molar-refractivity contribution >= 4 is 28.2 Å². The van der Waals surface area contributed by atoms with E-state index in [1.165, 1.54) is 0 Å². The first-order valence-electron chi connectivity index (χ1n) is 9.89. The Kier molecular flexibility index (Phi) is 4.68. The Morgan fingerprint density at radius 2 is 1.97 bits per heavy atom. The third kappa shape index (κ3) is 3.31. The number of para-hydroxylation sites is 2. The summed E-state index contributed by atoms with van der Waals surface area (Å²) >= 11 is 0. The van der Waals surface area contributed by atoms with Crippen molar-refractivity contribution in [2.24, 2.45) is 7.05 Å². The van der Waals surface area contributed by atoms with Crippen molar-refractivity contribution in [3.63, 3.8) is 0 Å². The summed E-state index contributed by atoms with van der Waals surface area (Å²) in [5.74, 6) is 0.306. The smallest absolute Gasteiger partial charge is 0.293 e. The lowest BCUT2D eigenvalue weighted by Crippen LogP contribution is -2.36. The van der Waals surface area contributed by atoms with Gasteiger partial charge in [-0.25, -0.2) is 9.97 Å². The minimum atomic E-state index is -0.180. The molecular formula is C22H22N6O2. The van der Waals surface area contributed by atoms with E-state index in [0.29, 0.717) is 19.0 Å². The van der Waals surface area contributed by atoms with E-state index in [9.17, 15) is 4.79 Å². The Morgan fingerprint density at radius 1 is 1.13 bits per heavy atom. The molecule has 0 unspecified atom stereocenters. The first-order chi connectivity index (χ1) is 14.7. The normalized spacial score (nSPS) is 14.2. The third-order valence-corrected chi connectivity index (χ3v) is 5.39. The van der Waals surface area contributed by atoms with E-state index >= 15 is 0 Å². The molecule has 0 bridgehead atoms. The van der Waals surface area contributed by atoms with E-state index < -0.39 is 0 Å². The number of aromatic nitrogens is 4. The molecule has 0 atom stereocenters. The highest BCUT2D eigenvalue weighted by molar-refractivity contribution is 5.83. The number of aryl methyl sites for hydroxylation is 1. The largest absolute Gasteiger partial charge is 0.378 e. The first-order valence-corrected chi connectivity index (χ1v) is 9.89. The number of fused-ring (bicyclic) bond motifs is 1. The Morgan fingerprint density at radius 3 is 2.77 bits per heavy atom. The molecule has 30 heavy (non-hydrogen) atoms. The average Bonchev–Trinajstić information content (AvgIpc) is 3.33. The topological polar surface area (TPSA) is 88.1 Å². The fraction of sp³-hybridized carbons (Fsp3) is 0.227. The van der Waals surface area contributed by atoms with Gasteiger partial charge in [0.15, 0.2) is 5.82 Å². The summed E-state index contributed by atoms with van der Waals surface area (Å²) < 4.78 is 7.09. The highest BCUT2D eigenvalue weighted by atomic mass is 16.5. The number of imidazole rings is 1. The van der Waals surface area contributed by atoms with Gasteiger partial charge in [0, 0.05) is 25.7 Å². The van der Waals surface area contributed by atoms with Crippen LogP contribution in [-0.2, 0) is 11.8 Å². The van der Waals surface area contributed by atoms with Crippen molar-refractivity contribution in [3.8, 4) is 11.3 Å². The van der Waals surface area contributed by atoms with Gasteiger partial charge in [-0.1, -0.05) is 18.2 Å². The lowest BCUT2D eigenvalue weighted by molar-refractivity contribution is 0.123. The number of hydrogen-bond donors (Lipinski definition) is 2. The van der Waals surface area contributed by atoms with Crippen molar-refractivity contribution in [2.45, 2.75) is 0 Å². The molecule has 4 aromatic rings. The number of nitrogens with one attached hydrogen (secondary N) is 2. The highest BCUT2D eigenvalue weighted by Crippen LogP contribution is 2.29. The van der Waals surface area contributed by atoms with Crippen LogP contribution in [0.4, 0.5) is 17.2 Å². The van der Waals surface area contributed by atoms with Gasteiger partial charge in [-0.3, -0.25) is 4.79 Å². The number of aromatic amines is 1. The maximum atomic E-state index is 13.1. The van der Waals surface area contributed by atoms with Crippen molar-refractivity contribution in [2.75, 3.05) is 36.5 Å². The van der Waals surface area contributed by atoms with Crippen LogP contribution in [0.1, 0.15) is 0 Å². The maximum absolute atomic E-state index is 13.1. The molecule has 0 radical (unpaired) electrons. The van der Waals surface area contributed by atoms with E-state index in [0.717, 1.165) is 46.8 Å². The molecule has 1 aliphatic heterocycles. The van der Waals surface area contributed by atoms with Crippen LogP contribution in [0.5, 0.6) is 0 Å². The predicted molar refractivity (Wildman–Crippen MR) is 117 cm³/mol. The van der Waals surface area contributed by atoms with Crippen LogP contribution in [0.15, 0.2) is 59.8 Å². The summed E-state index contributed by atoms with van der Waals surface area (Å²) in [4.78, 5) is 27.1. The van der Waals surface area contributed by atoms with E-state index in [1.54, 1.807) is 24.1 Å². The molecule has 152 valence electrons. The van der Waals surface area contributed by atoms with Gasteiger partial charge in [0.2, 0.25) is 0 Å². The monoisotopic (exact) mass is 402 g/mol. The molecule has 2 aromatic carbocycles. The zero-order chi connectivity index (χ0) is 20.5. The van der Waals surface area contributed by atoms with Gasteiger partial charge < -0.3 is 24.5 Å². The quantitative estimate of drug-likeness (QED) is 0.546. The fourth-order valence-corrected chi connectivity index (χ4v) is 3.77. The molecule has 0 saturated carbocycles. The molecule has 5 rings (SSSR count). The van der Waals surface area contributed by atoms with E-state index in [-0.39, 0.29) is 5.56 Å². The van der Waals surface area contributed by atoms with Crippen molar-refractivity contribution in [1.29, 1.82) is 0 Å². The summed E-state index contributed by atoms with van der Waals surface area (Å²) in [6.07, 6.45) is 3.39. The van der Waals surface area contributed by atoms with Crippen LogP contribution in [0.2, 0.25) is 0 Å². The number of benzene rings is 2. The van der Waals surface area contributed by atoms with Crippen LogP contribution in [0.3, 0.4) is 0 Å². The maximum Gasteiger partial charge on any atom is 0.293 e. The summed E-state index contributed by atoms with van der Waals surface area (Å²) in [6, 6.07) is 13.8. The summed E-state index contributed by atoms with van der Waals surface area (Å²) in [5.41, 5.74) is 5.07. The van der Waals surface area contributed by atoms with Gasteiger partial charge in [-0.2, -0.15) is 0 Å². The van der Waals surface area contributed by atoms with Gasteiger partial charge in [0.25, 0.3) is 5.56 Å². The summed E-state index contributed by atoms with van der Waals surface area (Å²) in [5, 5.41) is 3.27. The lowest BCUT2D eigenvalue weighted by atomic mass is 10.1. The molecule has 2 aromatic heterocycles. The molecule has 8 heteroatoms. The van der Waals surface area contributed by atoms with E-state index in [2.05, 4.69) is 31.2 Å². The van der Waals surface area contributed by atoms with Gasteiger partial charge in [0.1, 0.15) is 0 Å². The standard InChI is InChI=1S/C22H22N6O2/c1-27-20-12-15(18-13-23-14-24-18)6-7-17(20)26-21(22(27)29)25-16-4-2-3-5-19(16)28-8-10-30-11-9-28/h2-7,12-14H,8-11H2,1H3,(H,23,24)(H,25,26). The molecule has 3 heterocycles. The molecule has 0 spiro atoms. The zero-order valence-corrected chi connectivity index (χ0v) is 16.6. The Bertz CT molecular complexity index is 1240. The Balaban J connectivity index is 1.54. The number of hydrogen-bond acceptors (Lipinski definition) is 6. The van der Waals surface area contributed by atoms with Crippen molar-refractivity contribution < 1.29 is 4.74 Å². The SMILES string of the molecule is Cn1c(=O)c(Nc2ccccc2N2CCOCC2)nc2ccc(-c3cnc[nH]3)cc21. The third-order valence-electron chi connectivity index (χ3n) is 5.39. The number of nitrogens with zero attached hydrogens (tertiary/aromatic N) is 4. The molecular weight excluding hydrogens is 380 g/mol. The van der Waals surface area contributed by atoms with Crippen LogP contribution >= 0.6 is 0 Å². The molecule has 1 aliphatic rings. The molecule has 1 fully saturated rings. The van der Waals surface area contributed by atoms with Crippen LogP contribution in [-0.4, -0.2) is 45.8 Å². The molecule has 2 N–H and O–H groups in total. The highest BCUT2D eigenvalue weighted by Gasteiger charge is 2.17. The van der Waals surface area contributed by atoms with Gasteiger partial charge in [0.05, 0.1) is 53.8 Å². The molecule has 8 nitrogen and oxygen atoms in total. The van der Waals surface area contributed by atoms with Crippen LogP contribution in [0, 0.1) is 0 Å². The number of rotatable bonds is 4. The van der Waals surface area contributed by atoms with Gasteiger partial charge in [-0.15, -0.1) is 0 Å². The van der Waals surface area contributed by atoms with E-state index in [4.69, 9.17) is 4.74 Å². The van der Waals surface area contributed by atoms with Gasteiger partial charge >= 0.3 is 0 Å². The first kappa shape index (κ1) is 18.4. The number of morpholine rings is 1. The number of ether oxygens (including phenoxy) is 1. The number of H-pyrrole nitrogens is 1. The van der Waals surface area contributed by atoms with Crippen LogP contribution < -0.4 is 15.8 Å². The second-order valence-corrected chi connectivity index (χ2v) is 7.23. The minimum absolute atomic E-state index is 0.180. The lowest BCUT2D eigenvalue weighted by Gasteiger charge is -2.30. The molecule has 0 amide bonds. The number of anilines is 3. The predicted octanol–water partition coefficient (Wildman–Crippen LogP) is 2.90.